The lowest BCUT2D eigenvalue weighted by Gasteiger charge is -2.30. The number of aliphatic hydroxyl groups is 1. The molecule has 0 aliphatic rings. The SMILES string of the molecule is CCc1ccc(N(C)CC(C)(C)CO)cc1. The summed E-state index contributed by atoms with van der Waals surface area (Å²) in [6.45, 7) is 7.38. The number of nitrogens with zero attached hydrogens (tertiary/aromatic N) is 1. The van der Waals surface area contributed by atoms with Gasteiger partial charge in [-0.3, -0.25) is 0 Å². The largest absolute Gasteiger partial charge is 0.396 e. The molecule has 1 aromatic rings. The molecule has 0 fully saturated rings. The van der Waals surface area contributed by atoms with Crippen LogP contribution in [0.4, 0.5) is 5.69 Å². The summed E-state index contributed by atoms with van der Waals surface area (Å²) >= 11 is 0. The Morgan fingerprint density at radius 2 is 1.75 bits per heavy atom. The van der Waals surface area contributed by atoms with E-state index in [-0.39, 0.29) is 12.0 Å². The third-order valence-electron chi connectivity index (χ3n) is 2.88. The molecular formula is C14H23NO. The fraction of sp³-hybridized carbons (Fsp3) is 0.571. The maximum atomic E-state index is 9.25. The zero-order valence-electron chi connectivity index (χ0n) is 10.8. The van der Waals surface area contributed by atoms with Crippen molar-refractivity contribution >= 4 is 5.69 Å². The zero-order valence-corrected chi connectivity index (χ0v) is 10.8. The Labute approximate surface area is 98.9 Å². The van der Waals surface area contributed by atoms with Gasteiger partial charge >= 0.3 is 0 Å². The molecule has 0 saturated heterocycles. The number of aryl methyl sites for hydroxylation is 1. The molecule has 2 heteroatoms. The van der Waals surface area contributed by atoms with Gasteiger partial charge in [-0.05, 0) is 24.1 Å². The Hall–Kier alpha value is -1.02. The van der Waals surface area contributed by atoms with Gasteiger partial charge in [-0.2, -0.15) is 0 Å². The van der Waals surface area contributed by atoms with E-state index in [1.165, 1.54) is 11.3 Å². The van der Waals surface area contributed by atoms with Gasteiger partial charge in [0.05, 0.1) is 0 Å². The number of benzene rings is 1. The lowest BCUT2D eigenvalue weighted by Crippen LogP contribution is -2.33. The number of aliphatic hydroxyl groups excluding tert-OH is 1. The Kier molecular flexibility index (Phi) is 4.36. The van der Waals surface area contributed by atoms with Gasteiger partial charge < -0.3 is 10.0 Å². The first kappa shape index (κ1) is 13.0. The first-order chi connectivity index (χ1) is 7.48. The summed E-state index contributed by atoms with van der Waals surface area (Å²) < 4.78 is 0. The third kappa shape index (κ3) is 3.53. The molecule has 0 radical (unpaired) electrons. The maximum Gasteiger partial charge on any atom is 0.0499 e. The molecule has 0 spiro atoms. The standard InChI is InChI=1S/C14H23NO/c1-5-12-6-8-13(9-7-12)15(4)10-14(2,3)11-16/h6-9,16H,5,10-11H2,1-4H3. The van der Waals surface area contributed by atoms with E-state index in [0.29, 0.717) is 0 Å². The normalized spacial score (nSPS) is 11.6. The van der Waals surface area contributed by atoms with Crippen molar-refractivity contribution in [2.75, 3.05) is 25.1 Å². The summed E-state index contributed by atoms with van der Waals surface area (Å²) in [5, 5.41) is 9.25. The van der Waals surface area contributed by atoms with Crippen LogP contribution in [0.5, 0.6) is 0 Å². The molecule has 0 heterocycles. The molecule has 0 amide bonds. The first-order valence-electron chi connectivity index (χ1n) is 5.89. The molecule has 0 unspecified atom stereocenters. The molecule has 0 bridgehead atoms. The van der Waals surface area contributed by atoms with Crippen molar-refractivity contribution in [1.82, 2.24) is 0 Å². The second-order valence-corrected chi connectivity index (χ2v) is 5.20. The Morgan fingerprint density at radius 1 is 1.19 bits per heavy atom. The third-order valence-corrected chi connectivity index (χ3v) is 2.88. The highest BCUT2D eigenvalue weighted by molar-refractivity contribution is 5.47. The number of hydrogen-bond acceptors (Lipinski definition) is 2. The van der Waals surface area contributed by atoms with Gasteiger partial charge in [0.2, 0.25) is 0 Å². The van der Waals surface area contributed by atoms with E-state index >= 15 is 0 Å². The van der Waals surface area contributed by atoms with Crippen LogP contribution in [0.15, 0.2) is 24.3 Å². The van der Waals surface area contributed by atoms with Crippen molar-refractivity contribution < 1.29 is 5.11 Å². The van der Waals surface area contributed by atoms with E-state index in [2.05, 4.69) is 57.0 Å². The van der Waals surface area contributed by atoms with Crippen molar-refractivity contribution in [3.63, 3.8) is 0 Å². The fourth-order valence-electron chi connectivity index (χ4n) is 1.77. The number of hydrogen-bond donors (Lipinski definition) is 1. The van der Waals surface area contributed by atoms with E-state index < -0.39 is 0 Å². The van der Waals surface area contributed by atoms with Crippen LogP contribution in [0, 0.1) is 5.41 Å². The summed E-state index contributed by atoms with van der Waals surface area (Å²) in [5.74, 6) is 0. The van der Waals surface area contributed by atoms with Crippen LogP contribution in [-0.4, -0.2) is 25.3 Å². The number of rotatable bonds is 5. The number of anilines is 1. The fourth-order valence-corrected chi connectivity index (χ4v) is 1.77. The van der Waals surface area contributed by atoms with Gasteiger partial charge in [0.25, 0.3) is 0 Å². The molecule has 1 N–H and O–H groups in total. The van der Waals surface area contributed by atoms with Crippen LogP contribution in [-0.2, 0) is 6.42 Å². The lowest BCUT2D eigenvalue weighted by molar-refractivity contribution is 0.165. The molecular weight excluding hydrogens is 198 g/mol. The van der Waals surface area contributed by atoms with E-state index in [4.69, 9.17) is 0 Å². The summed E-state index contributed by atoms with van der Waals surface area (Å²) in [6, 6.07) is 8.62. The van der Waals surface area contributed by atoms with E-state index in [1.54, 1.807) is 0 Å². The minimum Gasteiger partial charge on any atom is -0.396 e. The lowest BCUT2D eigenvalue weighted by atomic mass is 9.94. The smallest absolute Gasteiger partial charge is 0.0499 e. The molecule has 0 saturated carbocycles. The zero-order chi connectivity index (χ0) is 12.2. The van der Waals surface area contributed by atoms with Crippen LogP contribution >= 0.6 is 0 Å². The van der Waals surface area contributed by atoms with Crippen LogP contribution in [0.3, 0.4) is 0 Å². The molecule has 0 aliphatic carbocycles. The molecule has 2 nitrogen and oxygen atoms in total. The molecule has 0 aromatic heterocycles. The van der Waals surface area contributed by atoms with Gasteiger partial charge in [0.1, 0.15) is 0 Å². The molecule has 1 rings (SSSR count). The molecule has 0 aliphatic heterocycles. The van der Waals surface area contributed by atoms with Crippen molar-refractivity contribution in [1.29, 1.82) is 0 Å². The minimum atomic E-state index is -0.0574. The molecule has 16 heavy (non-hydrogen) atoms. The van der Waals surface area contributed by atoms with Crippen LogP contribution in [0.25, 0.3) is 0 Å². The summed E-state index contributed by atoms with van der Waals surface area (Å²) in [7, 11) is 2.07. The van der Waals surface area contributed by atoms with E-state index in [9.17, 15) is 5.11 Å². The Morgan fingerprint density at radius 3 is 2.19 bits per heavy atom. The van der Waals surface area contributed by atoms with Crippen molar-refractivity contribution in [2.24, 2.45) is 5.41 Å². The highest BCUT2D eigenvalue weighted by Gasteiger charge is 2.18. The Bertz CT molecular complexity index is 316. The quantitative estimate of drug-likeness (QED) is 0.826. The monoisotopic (exact) mass is 221 g/mol. The second-order valence-electron chi connectivity index (χ2n) is 5.20. The van der Waals surface area contributed by atoms with Crippen LogP contribution < -0.4 is 4.90 Å². The van der Waals surface area contributed by atoms with Crippen LogP contribution in [0.1, 0.15) is 26.3 Å². The maximum absolute atomic E-state index is 9.25. The van der Waals surface area contributed by atoms with Gasteiger partial charge in [0.15, 0.2) is 0 Å². The summed E-state index contributed by atoms with van der Waals surface area (Å²) in [5.41, 5.74) is 2.51. The minimum absolute atomic E-state index is 0.0574. The van der Waals surface area contributed by atoms with Crippen molar-refractivity contribution in [2.45, 2.75) is 27.2 Å². The highest BCUT2D eigenvalue weighted by Crippen LogP contribution is 2.20. The molecule has 1 aromatic carbocycles. The Balaban J connectivity index is 2.69. The van der Waals surface area contributed by atoms with Gasteiger partial charge in [0, 0.05) is 31.3 Å². The average molecular weight is 221 g/mol. The van der Waals surface area contributed by atoms with E-state index in [0.717, 1.165) is 13.0 Å². The van der Waals surface area contributed by atoms with Crippen molar-refractivity contribution in [3.8, 4) is 0 Å². The molecule has 90 valence electrons. The van der Waals surface area contributed by atoms with Gasteiger partial charge in [-0.1, -0.05) is 32.9 Å². The van der Waals surface area contributed by atoms with Gasteiger partial charge in [-0.25, -0.2) is 0 Å². The predicted octanol–water partition coefficient (Wildman–Crippen LogP) is 2.70. The summed E-state index contributed by atoms with van der Waals surface area (Å²) in [4.78, 5) is 2.19. The van der Waals surface area contributed by atoms with Crippen molar-refractivity contribution in [3.05, 3.63) is 29.8 Å². The molecule has 0 atom stereocenters. The summed E-state index contributed by atoms with van der Waals surface area (Å²) in [6.07, 6.45) is 1.08. The van der Waals surface area contributed by atoms with Gasteiger partial charge in [-0.15, -0.1) is 0 Å². The predicted molar refractivity (Wildman–Crippen MR) is 70.0 cm³/mol. The highest BCUT2D eigenvalue weighted by atomic mass is 16.3. The average Bonchev–Trinajstić information content (AvgIpc) is 2.28. The van der Waals surface area contributed by atoms with Crippen LogP contribution in [0.2, 0.25) is 0 Å². The van der Waals surface area contributed by atoms with E-state index in [1.807, 2.05) is 0 Å². The topological polar surface area (TPSA) is 23.5 Å². The second kappa shape index (κ2) is 5.35. The first-order valence-corrected chi connectivity index (χ1v) is 5.89.